The maximum Gasteiger partial charge on any atom is 0.258 e. The highest BCUT2D eigenvalue weighted by Crippen LogP contribution is 2.14. The Morgan fingerprint density at radius 3 is 2.85 bits per heavy atom. The summed E-state index contributed by atoms with van der Waals surface area (Å²) in [4.78, 5) is 35.6. The van der Waals surface area contributed by atoms with Crippen LogP contribution >= 0.6 is 0 Å². The largest absolute Gasteiger partial charge is 0.484 e. The monoisotopic (exact) mass is 277 g/mol. The lowest BCUT2D eigenvalue weighted by molar-refractivity contribution is -0.138. The molecule has 0 bridgehead atoms. The molecule has 1 heterocycles. The number of nitrogens with two attached hydrogens (primary N) is 1. The number of carbonyl (C=O) groups is 3. The molecule has 1 aromatic rings. The number of rotatable bonds is 4. The van der Waals surface area contributed by atoms with Gasteiger partial charge in [0.25, 0.3) is 11.8 Å². The molecule has 0 aliphatic carbocycles. The fourth-order valence-electron chi connectivity index (χ4n) is 1.86. The van der Waals surface area contributed by atoms with Gasteiger partial charge in [0.05, 0.1) is 6.42 Å². The summed E-state index contributed by atoms with van der Waals surface area (Å²) in [6.07, 6.45) is -0.0145. The van der Waals surface area contributed by atoms with Crippen LogP contribution in [0.4, 0.5) is 5.69 Å². The van der Waals surface area contributed by atoms with E-state index in [0.717, 1.165) is 4.90 Å². The Kier molecular flexibility index (Phi) is 3.88. The molecule has 106 valence electrons. The van der Waals surface area contributed by atoms with Gasteiger partial charge in [0.1, 0.15) is 11.8 Å². The lowest BCUT2D eigenvalue weighted by Crippen LogP contribution is -2.42. The van der Waals surface area contributed by atoms with Gasteiger partial charge < -0.3 is 15.8 Å². The number of benzene rings is 1. The summed E-state index contributed by atoms with van der Waals surface area (Å²) >= 11 is 0. The number of imide groups is 1. The average Bonchev–Trinajstić information content (AvgIpc) is 2.64. The maximum absolute atomic E-state index is 11.7. The summed E-state index contributed by atoms with van der Waals surface area (Å²) in [5.41, 5.74) is 6.11. The second-order valence-electron chi connectivity index (χ2n) is 4.48. The summed E-state index contributed by atoms with van der Waals surface area (Å²) in [5, 5.41) is 2.47. The lowest BCUT2D eigenvalue weighted by atomic mass is 10.2. The Hall–Kier alpha value is -2.57. The Labute approximate surface area is 115 Å². The number of amides is 3. The number of anilines is 1. The summed E-state index contributed by atoms with van der Waals surface area (Å²) in [6, 6.07) is 5.86. The smallest absolute Gasteiger partial charge is 0.258 e. The second-order valence-corrected chi connectivity index (χ2v) is 4.48. The van der Waals surface area contributed by atoms with Crippen LogP contribution in [0.3, 0.4) is 0 Å². The zero-order chi connectivity index (χ0) is 14.7. The van der Waals surface area contributed by atoms with E-state index in [2.05, 4.69) is 5.32 Å². The van der Waals surface area contributed by atoms with Gasteiger partial charge in [-0.2, -0.15) is 0 Å². The molecule has 7 nitrogen and oxygen atoms in total. The van der Waals surface area contributed by atoms with Gasteiger partial charge >= 0.3 is 0 Å². The van der Waals surface area contributed by atoms with Crippen molar-refractivity contribution in [3.8, 4) is 5.75 Å². The molecule has 1 aliphatic heterocycles. The van der Waals surface area contributed by atoms with Crippen molar-refractivity contribution in [3.63, 3.8) is 0 Å². The minimum Gasteiger partial charge on any atom is -0.484 e. The van der Waals surface area contributed by atoms with Gasteiger partial charge in [-0.25, -0.2) is 0 Å². The third-order valence-electron chi connectivity index (χ3n) is 2.94. The first-order valence-corrected chi connectivity index (χ1v) is 6.05. The molecule has 7 heteroatoms. The van der Waals surface area contributed by atoms with E-state index >= 15 is 0 Å². The quantitative estimate of drug-likeness (QED) is 0.572. The van der Waals surface area contributed by atoms with Crippen LogP contribution in [0, 0.1) is 0 Å². The van der Waals surface area contributed by atoms with Crippen LogP contribution in [-0.2, 0) is 14.4 Å². The van der Waals surface area contributed by atoms with Gasteiger partial charge in [0, 0.05) is 18.8 Å². The van der Waals surface area contributed by atoms with Crippen LogP contribution in [0.5, 0.6) is 5.75 Å². The summed E-state index contributed by atoms with van der Waals surface area (Å²) in [6.45, 7) is -0.245. The molecular weight excluding hydrogens is 262 g/mol. The Morgan fingerprint density at radius 2 is 2.25 bits per heavy atom. The summed E-state index contributed by atoms with van der Waals surface area (Å²) in [7, 11) is 1.39. The molecule has 0 spiro atoms. The maximum atomic E-state index is 11.7. The second kappa shape index (κ2) is 5.60. The van der Waals surface area contributed by atoms with Gasteiger partial charge in [-0.3, -0.25) is 19.3 Å². The predicted octanol–water partition coefficient (Wildman–Crippen LogP) is -0.479. The van der Waals surface area contributed by atoms with E-state index in [9.17, 15) is 14.4 Å². The number of nitrogens with zero attached hydrogens (tertiary/aromatic N) is 1. The number of nitrogen functional groups attached to an aromatic ring is 1. The molecule has 0 saturated carbocycles. The molecule has 1 saturated heterocycles. The van der Waals surface area contributed by atoms with Crippen molar-refractivity contribution in [1.29, 1.82) is 0 Å². The minimum atomic E-state index is -0.801. The fourth-order valence-corrected chi connectivity index (χ4v) is 1.86. The average molecular weight is 277 g/mol. The van der Waals surface area contributed by atoms with E-state index in [1.807, 2.05) is 0 Å². The first kappa shape index (κ1) is 13.9. The van der Waals surface area contributed by atoms with E-state index < -0.39 is 17.9 Å². The molecule has 1 aliphatic rings. The van der Waals surface area contributed by atoms with E-state index in [4.69, 9.17) is 10.5 Å². The number of carbonyl (C=O) groups excluding carboxylic acids is 3. The number of likely N-dealkylation sites (tertiary alicyclic amines) is 1. The molecule has 1 fully saturated rings. The van der Waals surface area contributed by atoms with Crippen LogP contribution in [-0.4, -0.2) is 42.3 Å². The number of nitrogens with one attached hydrogen (secondary N) is 1. The first-order chi connectivity index (χ1) is 9.47. The van der Waals surface area contributed by atoms with Crippen LogP contribution in [0.2, 0.25) is 0 Å². The highest BCUT2D eigenvalue weighted by atomic mass is 16.5. The lowest BCUT2D eigenvalue weighted by Gasteiger charge is -2.11. The summed E-state index contributed by atoms with van der Waals surface area (Å²) < 4.78 is 5.25. The minimum absolute atomic E-state index is 0.0145. The standard InChI is InChI=1S/C13H15N3O4/c1-16-12(18)6-10(13(16)19)15-11(17)7-20-9-4-2-3-8(14)5-9/h2-5,10H,6-7,14H2,1H3,(H,15,17). The molecule has 0 radical (unpaired) electrons. The van der Waals surface area contributed by atoms with Gasteiger partial charge in [-0.15, -0.1) is 0 Å². The zero-order valence-corrected chi connectivity index (χ0v) is 11.0. The van der Waals surface area contributed by atoms with Crippen LogP contribution in [0.25, 0.3) is 0 Å². The van der Waals surface area contributed by atoms with Crippen molar-refractivity contribution in [1.82, 2.24) is 10.2 Å². The van der Waals surface area contributed by atoms with Gasteiger partial charge in [-0.05, 0) is 12.1 Å². The number of likely N-dealkylation sites (N-methyl/N-ethyl adjacent to an activating group) is 1. The van der Waals surface area contributed by atoms with Gasteiger partial charge in [-0.1, -0.05) is 6.07 Å². The van der Waals surface area contributed by atoms with E-state index in [-0.39, 0.29) is 18.9 Å². The van der Waals surface area contributed by atoms with Crippen molar-refractivity contribution in [2.24, 2.45) is 0 Å². The molecule has 3 amide bonds. The van der Waals surface area contributed by atoms with E-state index in [1.165, 1.54) is 7.05 Å². The normalized spacial score (nSPS) is 18.2. The van der Waals surface area contributed by atoms with E-state index in [0.29, 0.717) is 11.4 Å². The van der Waals surface area contributed by atoms with Crippen LogP contribution < -0.4 is 15.8 Å². The molecule has 3 N–H and O–H groups in total. The van der Waals surface area contributed by atoms with Crippen molar-refractivity contribution >= 4 is 23.4 Å². The highest BCUT2D eigenvalue weighted by Gasteiger charge is 2.36. The molecule has 1 atom stereocenters. The highest BCUT2D eigenvalue weighted by molar-refractivity contribution is 6.06. The molecule has 1 aromatic carbocycles. The zero-order valence-electron chi connectivity index (χ0n) is 11.0. The van der Waals surface area contributed by atoms with Crippen molar-refractivity contribution < 1.29 is 19.1 Å². The van der Waals surface area contributed by atoms with Crippen molar-refractivity contribution in [3.05, 3.63) is 24.3 Å². The number of ether oxygens (including phenoxy) is 1. The third kappa shape index (κ3) is 3.05. The molecule has 0 aromatic heterocycles. The molecule has 1 unspecified atom stereocenters. The Bertz CT molecular complexity index is 558. The van der Waals surface area contributed by atoms with Crippen LogP contribution in [0.1, 0.15) is 6.42 Å². The number of hydrogen-bond donors (Lipinski definition) is 2. The van der Waals surface area contributed by atoms with Crippen molar-refractivity contribution in [2.45, 2.75) is 12.5 Å². The van der Waals surface area contributed by atoms with Crippen molar-refractivity contribution in [2.75, 3.05) is 19.4 Å². The molecule has 2 rings (SSSR count). The molecular formula is C13H15N3O4. The van der Waals surface area contributed by atoms with Gasteiger partial charge in [0.2, 0.25) is 5.91 Å². The topological polar surface area (TPSA) is 102 Å². The third-order valence-corrected chi connectivity index (χ3v) is 2.94. The Balaban J connectivity index is 1.84. The predicted molar refractivity (Wildman–Crippen MR) is 70.7 cm³/mol. The fraction of sp³-hybridized carbons (Fsp3) is 0.308. The Morgan fingerprint density at radius 1 is 1.50 bits per heavy atom. The molecule has 20 heavy (non-hydrogen) atoms. The van der Waals surface area contributed by atoms with Gasteiger partial charge in [0.15, 0.2) is 6.61 Å². The summed E-state index contributed by atoms with van der Waals surface area (Å²) in [5.74, 6) is -0.718. The SMILES string of the molecule is CN1C(=O)CC(NC(=O)COc2cccc(N)c2)C1=O. The van der Waals surface area contributed by atoms with Crippen LogP contribution in [0.15, 0.2) is 24.3 Å². The first-order valence-electron chi connectivity index (χ1n) is 6.05. The van der Waals surface area contributed by atoms with E-state index in [1.54, 1.807) is 24.3 Å². The number of hydrogen-bond acceptors (Lipinski definition) is 5.